The SMILES string of the molecule is CC(C)[C@H](NC(=O)OC(C)(C)C)C(=O)N1[C@@H](NC(=O)[C@@H](Cc2ccccc2)C(=O)c2nc3ccccc3s2)CS[C@@H]1c1ccccc1. The van der Waals surface area contributed by atoms with Gasteiger partial charge in [0.25, 0.3) is 0 Å². The number of nitrogens with one attached hydrogen (secondary N) is 2. The van der Waals surface area contributed by atoms with Crippen molar-refractivity contribution in [1.82, 2.24) is 20.5 Å². The number of ketones is 1. The highest BCUT2D eigenvalue weighted by molar-refractivity contribution is 7.99. The molecule has 246 valence electrons. The summed E-state index contributed by atoms with van der Waals surface area (Å²) in [5, 5.41) is 5.66. The number of amides is 3. The second-order valence-corrected chi connectivity index (χ2v) is 15.0. The van der Waals surface area contributed by atoms with E-state index in [4.69, 9.17) is 4.74 Å². The van der Waals surface area contributed by atoms with Gasteiger partial charge in [-0.3, -0.25) is 14.4 Å². The zero-order valence-electron chi connectivity index (χ0n) is 27.1. The molecule has 1 aromatic heterocycles. The Morgan fingerprint density at radius 2 is 1.57 bits per heavy atom. The molecule has 0 saturated carbocycles. The van der Waals surface area contributed by atoms with Crippen molar-refractivity contribution < 1.29 is 23.9 Å². The zero-order valence-corrected chi connectivity index (χ0v) is 28.8. The Balaban J connectivity index is 1.45. The molecule has 1 aliphatic rings. The van der Waals surface area contributed by atoms with Gasteiger partial charge in [-0.05, 0) is 56.4 Å². The Morgan fingerprint density at radius 3 is 2.21 bits per heavy atom. The molecule has 0 bridgehead atoms. The lowest BCUT2D eigenvalue weighted by Crippen LogP contribution is -2.58. The summed E-state index contributed by atoms with van der Waals surface area (Å²) in [5.74, 6) is -2.18. The molecule has 3 aromatic carbocycles. The number of carbonyl (C=O) groups is 4. The minimum Gasteiger partial charge on any atom is -0.444 e. The quantitative estimate of drug-likeness (QED) is 0.144. The van der Waals surface area contributed by atoms with Gasteiger partial charge in [-0.2, -0.15) is 0 Å². The molecule has 4 aromatic rings. The van der Waals surface area contributed by atoms with Crippen LogP contribution in [0, 0.1) is 11.8 Å². The van der Waals surface area contributed by atoms with Gasteiger partial charge in [-0.1, -0.05) is 86.6 Å². The average molecular weight is 673 g/mol. The number of benzene rings is 3. The fourth-order valence-electron chi connectivity index (χ4n) is 5.42. The van der Waals surface area contributed by atoms with E-state index in [2.05, 4.69) is 15.6 Å². The van der Waals surface area contributed by atoms with Gasteiger partial charge >= 0.3 is 6.09 Å². The number of aromatic nitrogens is 1. The first-order valence-electron chi connectivity index (χ1n) is 15.6. The van der Waals surface area contributed by atoms with Crippen LogP contribution in [-0.4, -0.2) is 57.1 Å². The minimum atomic E-state index is -1.07. The molecular weight excluding hydrogens is 633 g/mol. The van der Waals surface area contributed by atoms with Gasteiger partial charge in [0.05, 0.1) is 10.2 Å². The van der Waals surface area contributed by atoms with Gasteiger partial charge in [-0.25, -0.2) is 9.78 Å². The molecule has 0 radical (unpaired) electrons. The van der Waals surface area contributed by atoms with Crippen LogP contribution in [0.4, 0.5) is 4.79 Å². The number of fused-ring (bicyclic) bond motifs is 1. The summed E-state index contributed by atoms with van der Waals surface area (Å²) in [4.78, 5) is 61.6. The number of rotatable bonds is 10. The third-order valence-corrected chi connectivity index (χ3v) is 10.0. The van der Waals surface area contributed by atoms with E-state index in [1.54, 1.807) is 25.7 Å². The van der Waals surface area contributed by atoms with Gasteiger partial charge in [0, 0.05) is 5.75 Å². The van der Waals surface area contributed by atoms with Crippen molar-refractivity contribution >= 4 is 57.0 Å². The van der Waals surface area contributed by atoms with E-state index in [0.29, 0.717) is 11.3 Å². The minimum absolute atomic E-state index is 0.173. The molecule has 0 aliphatic carbocycles. The number of para-hydroxylation sites is 1. The number of nitrogens with zero attached hydrogens (tertiary/aromatic N) is 2. The van der Waals surface area contributed by atoms with E-state index in [0.717, 1.165) is 15.8 Å². The summed E-state index contributed by atoms with van der Waals surface area (Å²) in [6.45, 7) is 8.97. The fraction of sp³-hybridized carbons (Fsp3) is 0.361. The maximum Gasteiger partial charge on any atom is 0.408 e. The molecule has 2 heterocycles. The first kappa shape index (κ1) is 34.1. The monoisotopic (exact) mass is 672 g/mol. The van der Waals surface area contributed by atoms with Crippen LogP contribution >= 0.6 is 23.1 Å². The summed E-state index contributed by atoms with van der Waals surface area (Å²) < 4.78 is 6.34. The Bertz CT molecular complexity index is 1690. The average Bonchev–Trinajstić information content (AvgIpc) is 3.66. The van der Waals surface area contributed by atoms with Crippen molar-refractivity contribution in [2.75, 3.05) is 5.75 Å². The normalized spacial score (nSPS) is 17.7. The van der Waals surface area contributed by atoms with Crippen LogP contribution in [0.5, 0.6) is 0 Å². The van der Waals surface area contributed by atoms with Gasteiger partial charge in [-0.15, -0.1) is 23.1 Å². The number of hydrogen-bond acceptors (Lipinski definition) is 8. The molecule has 11 heteroatoms. The molecule has 47 heavy (non-hydrogen) atoms. The topological polar surface area (TPSA) is 118 Å². The van der Waals surface area contributed by atoms with Crippen molar-refractivity contribution in [3.8, 4) is 0 Å². The van der Waals surface area contributed by atoms with Crippen LogP contribution in [0.1, 0.15) is 60.9 Å². The lowest BCUT2D eigenvalue weighted by molar-refractivity contribution is -0.139. The molecule has 3 amide bonds. The number of thioether (sulfide) groups is 1. The van der Waals surface area contributed by atoms with E-state index < -0.39 is 41.1 Å². The fourth-order valence-corrected chi connectivity index (χ4v) is 7.75. The van der Waals surface area contributed by atoms with E-state index in [1.165, 1.54) is 23.1 Å². The van der Waals surface area contributed by atoms with Crippen LogP contribution in [0.2, 0.25) is 0 Å². The third-order valence-electron chi connectivity index (χ3n) is 7.67. The number of Topliss-reactive ketones (excluding diaryl/α,β-unsaturated/α-hetero) is 1. The molecule has 1 aliphatic heterocycles. The highest BCUT2D eigenvalue weighted by Crippen LogP contribution is 2.41. The van der Waals surface area contributed by atoms with Crippen molar-refractivity contribution in [2.45, 2.75) is 64.2 Å². The number of ether oxygens (including phenoxy) is 1. The number of alkyl carbamates (subject to hydrolysis) is 1. The zero-order chi connectivity index (χ0) is 33.7. The van der Waals surface area contributed by atoms with Crippen LogP contribution in [0.3, 0.4) is 0 Å². The summed E-state index contributed by atoms with van der Waals surface area (Å²) in [7, 11) is 0. The van der Waals surface area contributed by atoms with Crippen molar-refractivity contribution in [3.63, 3.8) is 0 Å². The molecule has 0 spiro atoms. The van der Waals surface area contributed by atoms with E-state index in [1.807, 2.05) is 98.8 Å². The third kappa shape index (κ3) is 8.39. The maximum absolute atomic E-state index is 14.4. The number of carbonyl (C=O) groups excluding carboxylic acids is 4. The Kier molecular flexibility index (Phi) is 10.7. The standard InChI is InChI=1S/C36H40N4O5S2/c1-22(2)29(39-35(44)45-36(3,4)5)33(43)40-28(21-46-34(40)24-16-10-7-11-17-24)38-31(42)25(20-23-14-8-6-9-15-23)30(41)32-37-26-18-12-13-19-27(26)47-32/h6-19,22,25,28-29,34H,20-21H2,1-5H3,(H,38,42)(H,39,44)/t25-,28+,29-,34+/m0/s1. The van der Waals surface area contributed by atoms with Crippen molar-refractivity contribution in [3.05, 3.63) is 101 Å². The van der Waals surface area contributed by atoms with Crippen LogP contribution < -0.4 is 10.6 Å². The van der Waals surface area contributed by atoms with Crippen LogP contribution in [0.15, 0.2) is 84.9 Å². The van der Waals surface area contributed by atoms with E-state index >= 15 is 0 Å². The molecular formula is C36H40N4O5S2. The molecule has 1 saturated heterocycles. The van der Waals surface area contributed by atoms with E-state index in [-0.39, 0.29) is 29.0 Å². The summed E-state index contributed by atoms with van der Waals surface area (Å²) in [6, 6.07) is 25.5. The smallest absolute Gasteiger partial charge is 0.408 e. The molecule has 9 nitrogen and oxygen atoms in total. The molecule has 5 rings (SSSR count). The second-order valence-electron chi connectivity index (χ2n) is 12.8. The first-order chi connectivity index (χ1) is 22.4. The van der Waals surface area contributed by atoms with Crippen LogP contribution in [0.25, 0.3) is 10.2 Å². The van der Waals surface area contributed by atoms with Gasteiger partial charge in [0.15, 0.2) is 5.01 Å². The van der Waals surface area contributed by atoms with Gasteiger partial charge < -0.3 is 20.3 Å². The Labute approximate surface area is 283 Å². The Morgan fingerprint density at radius 1 is 0.936 bits per heavy atom. The lowest BCUT2D eigenvalue weighted by Gasteiger charge is -2.35. The van der Waals surface area contributed by atoms with Gasteiger partial charge in [0.1, 0.15) is 29.1 Å². The Hall–Kier alpha value is -4.22. The number of hydrogen-bond donors (Lipinski definition) is 2. The molecule has 1 fully saturated rings. The highest BCUT2D eigenvalue weighted by atomic mass is 32.2. The summed E-state index contributed by atoms with van der Waals surface area (Å²) in [6.07, 6.45) is -1.27. The van der Waals surface area contributed by atoms with E-state index in [9.17, 15) is 19.2 Å². The van der Waals surface area contributed by atoms with Crippen LogP contribution in [-0.2, 0) is 20.7 Å². The number of thiazole rings is 1. The highest BCUT2D eigenvalue weighted by Gasteiger charge is 2.44. The van der Waals surface area contributed by atoms with Crippen molar-refractivity contribution in [1.29, 1.82) is 0 Å². The molecule has 0 unspecified atom stereocenters. The summed E-state index contributed by atoms with van der Waals surface area (Å²) in [5.41, 5.74) is 1.67. The van der Waals surface area contributed by atoms with Crippen molar-refractivity contribution in [2.24, 2.45) is 11.8 Å². The maximum atomic E-state index is 14.4. The predicted molar refractivity (Wildman–Crippen MR) is 186 cm³/mol. The molecule has 4 atom stereocenters. The second kappa shape index (κ2) is 14.7. The summed E-state index contributed by atoms with van der Waals surface area (Å²) >= 11 is 2.78. The first-order valence-corrected chi connectivity index (χ1v) is 17.5. The molecule has 2 N–H and O–H groups in total. The lowest BCUT2D eigenvalue weighted by atomic mass is 9.94. The largest absolute Gasteiger partial charge is 0.444 e. The van der Waals surface area contributed by atoms with Gasteiger partial charge in [0.2, 0.25) is 17.6 Å². The predicted octanol–water partition coefficient (Wildman–Crippen LogP) is 6.60.